The van der Waals surface area contributed by atoms with Crippen molar-refractivity contribution in [3.05, 3.63) is 11.9 Å². The highest BCUT2D eigenvalue weighted by atomic mass is 16.2. The van der Waals surface area contributed by atoms with Gasteiger partial charge >= 0.3 is 0 Å². The topological polar surface area (TPSA) is 70.2 Å². The van der Waals surface area contributed by atoms with E-state index < -0.39 is 0 Å². The minimum absolute atomic E-state index is 0.214. The number of aryl methyl sites for hydroxylation is 1. The summed E-state index contributed by atoms with van der Waals surface area (Å²) in [5, 5.41) is 6.44. The van der Waals surface area contributed by atoms with Gasteiger partial charge in [0.2, 0.25) is 5.91 Å². The van der Waals surface area contributed by atoms with Crippen LogP contribution in [0.1, 0.15) is 25.6 Å². The number of piperidine rings is 1. The monoisotopic (exact) mass is 263 g/mol. The Labute approximate surface area is 113 Å². The van der Waals surface area contributed by atoms with Gasteiger partial charge in [-0.15, -0.1) is 0 Å². The van der Waals surface area contributed by atoms with Gasteiger partial charge in [0.15, 0.2) is 0 Å². The number of likely N-dealkylation sites (tertiary alicyclic amines) is 1. The average Bonchev–Trinajstić information content (AvgIpc) is 2.42. The highest BCUT2D eigenvalue weighted by Gasteiger charge is 2.23. The predicted octanol–water partition coefficient (Wildman–Crippen LogP) is 1.11. The van der Waals surface area contributed by atoms with Crippen LogP contribution in [0, 0.1) is 0 Å². The zero-order valence-corrected chi connectivity index (χ0v) is 11.7. The first-order chi connectivity index (χ1) is 9.12. The van der Waals surface area contributed by atoms with E-state index in [4.69, 9.17) is 0 Å². The first-order valence-corrected chi connectivity index (χ1v) is 6.68. The van der Waals surface area contributed by atoms with Gasteiger partial charge in [0.05, 0.1) is 0 Å². The van der Waals surface area contributed by atoms with E-state index in [1.165, 1.54) is 0 Å². The summed E-state index contributed by atoms with van der Waals surface area (Å²) in [7, 11) is 3.69. The van der Waals surface area contributed by atoms with Crippen LogP contribution < -0.4 is 10.6 Å². The molecule has 2 heterocycles. The molecule has 0 aliphatic carbocycles. The lowest BCUT2D eigenvalue weighted by Crippen LogP contribution is -2.43. The van der Waals surface area contributed by atoms with Crippen LogP contribution in [0.2, 0.25) is 0 Å². The fourth-order valence-electron chi connectivity index (χ4n) is 2.20. The third kappa shape index (κ3) is 3.33. The van der Waals surface area contributed by atoms with E-state index in [0.717, 1.165) is 36.8 Å². The minimum atomic E-state index is 0.214. The fraction of sp³-hybridized carbons (Fsp3) is 0.615. The van der Waals surface area contributed by atoms with Crippen LogP contribution >= 0.6 is 0 Å². The third-order valence-corrected chi connectivity index (χ3v) is 3.32. The fourth-order valence-corrected chi connectivity index (χ4v) is 2.20. The Kier molecular flexibility index (Phi) is 4.19. The molecule has 1 aromatic heterocycles. The van der Waals surface area contributed by atoms with Gasteiger partial charge in [0, 0.05) is 45.6 Å². The number of carbonyl (C=O) groups is 1. The van der Waals surface area contributed by atoms with E-state index >= 15 is 0 Å². The number of rotatable bonds is 4. The molecule has 6 nitrogen and oxygen atoms in total. The van der Waals surface area contributed by atoms with Gasteiger partial charge in [-0.05, 0) is 6.42 Å². The molecule has 1 aliphatic heterocycles. The average molecular weight is 263 g/mol. The molecular formula is C13H21N5O. The summed E-state index contributed by atoms with van der Waals surface area (Å²) in [4.78, 5) is 22.1. The van der Waals surface area contributed by atoms with Crippen molar-refractivity contribution in [3.63, 3.8) is 0 Å². The molecule has 1 unspecified atom stereocenters. The molecule has 6 heteroatoms. The number of anilines is 2. The SMILES string of the molecule is CCc1nc(NC)cc(NC2CCC(=O)N(C)C2)n1. The number of hydrogen-bond acceptors (Lipinski definition) is 5. The van der Waals surface area contributed by atoms with Crippen molar-refractivity contribution < 1.29 is 4.79 Å². The zero-order valence-electron chi connectivity index (χ0n) is 11.7. The predicted molar refractivity (Wildman–Crippen MR) is 75.2 cm³/mol. The smallest absolute Gasteiger partial charge is 0.222 e. The van der Waals surface area contributed by atoms with Gasteiger partial charge in [0.1, 0.15) is 17.5 Å². The first kappa shape index (κ1) is 13.6. The summed E-state index contributed by atoms with van der Waals surface area (Å²) in [5.41, 5.74) is 0. The molecule has 0 spiro atoms. The van der Waals surface area contributed by atoms with Gasteiger partial charge in [-0.1, -0.05) is 6.92 Å². The lowest BCUT2D eigenvalue weighted by Gasteiger charge is -2.30. The van der Waals surface area contributed by atoms with Crippen molar-refractivity contribution in [3.8, 4) is 0 Å². The summed E-state index contributed by atoms with van der Waals surface area (Å²) in [6.45, 7) is 2.75. The van der Waals surface area contributed by atoms with E-state index in [-0.39, 0.29) is 11.9 Å². The van der Waals surface area contributed by atoms with Crippen molar-refractivity contribution in [2.45, 2.75) is 32.2 Å². The van der Waals surface area contributed by atoms with E-state index in [1.807, 2.05) is 27.1 Å². The summed E-state index contributed by atoms with van der Waals surface area (Å²) >= 11 is 0. The Balaban J connectivity index is 2.08. The quantitative estimate of drug-likeness (QED) is 0.851. The van der Waals surface area contributed by atoms with Crippen LogP contribution in [-0.2, 0) is 11.2 Å². The maximum Gasteiger partial charge on any atom is 0.222 e. The van der Waals surface area contributed by atoms with E-state index in [0.29, 0.717) is 6.42 Å². The maximum atomic E-state index is 11.5. The van der Waals surface area contributed by atoms with Crippen molar-refractivity contribution in [1.82, 2.24) is 14.9 Å². The third-order valence-electron chi connectivity index (χ3n) is 3.32. The zero-order chi connectivity index (χ0) is 13.8. The van der Waals surface area contributed by atoms with Crippen molar-refractivity contribution >= 4 is 17.5 Å². The molecule has 2 rings (SSSR count). The highest BCUT2D eigenvalue weighted by molar-refractivity contribution is 5.77. The first-order valence-electron chi connectivity index (χ1n) is 6.68. The summed E-state index contributed by atoms with van der Waals surface area (Å²) in [6, 6.07) is 2.15. The summed E-state index contributed by atoms with van der Waals surface area (Å²) in [6.07, 6.45) is 2.25. The number of amides is 1. The Morgan fingerprint density at radius 1 is 1.42 bits per heavy atom. The van der Waals surface area contributed by atoms with E-state index in [1.54, 1.807) is 4.90 Å². The van der Waals surface area contributed by atoms with E-state index in [9.17, 15) is 4.79 Å². The molecule has 0 saturated carbocycles. The standard InChI is InChI=1S/C13H21N5O/c1-4-10-16-11(14-2)7-12(17-10)15-9-5-6-13(19)18(3)8-9/h7,9H,4-6,8H2,1-3H3,(H2,14,15,16,17). The van der Waals surface area contributed by atoms with Crippen LogP contribution in [0.3, 0.4) is 0 Å². The summed E-state index contributed by atoms with van der Waals surface area (Å²) < 4.78 is 0. The molecule has 0 radical (unpaired) electrons. The van der Waals surface area contributed by atoms with Crippen LogP contribution in [0.4, 0.5) is 11.6 Å². The van der Waals surface area contributed by atoms with Crippen molar-refractivity contribution in [2.24, 2.45) is 0 Å². The van der Waals surface area contributed by atoms with Crippen LogP contribution in [0.15, 0.2) is 6.07 Å². The lowest BCUT2D eigenvalue weighted by molar-refractivity contribution is -0.132. The van der Waals surface area contributed by atoms with Crippen LogP contribution in [0.5, 0.6) is 0 Å². The molecule has 1 amide bonds. The molecule has 0 aromatic carbocycles. The Hall–Kier alpha value is -1.85. The van der Waals surface area contributed by atoms with Crippen LogP contribution in [-0.4, -0.2) is 47.5 Å². The number of carbonyl (C=O) groups excluding carboxylic acids is 1. The summed E-state index contributed by atoms with van der Waals surface area (Å²) in [5.74, 6) is 2.67. The Bertz CT molecular complexity index is 440. The highest BCUT2D eigenvalue weighted by Crippen LogP contribution is 2.17. The molecule has 1 aliphatic rings. The second-order valence-corrected chi connectivity index (χ2v) is 4.81. The Morgan fingerprint density at radius 2 is 2.16 bits per heavy atom. The number of nitrogens with zero attached hydrogens (tertiary/aromatic N) is 3. The molecule has 2 N–H and O–H groups in total. The molecule has 19 heavy (non-hydrogen) atoms. The molecule has 1 saturated heterocycles. The number of hydrogen-bond donors (Lipinski definition) is 2. The normalized spacial score (nSPS) is 19.4. The van der Waals surface area contributed by atoms with E-state index in [2.05, 4.69) is 20.6 Å². The van der Waals surface area contributed by atoms with Crippen LogP contribution in [0.25, 0.3) is 0 Å². The second kappa shape index (κ2) is 5.86. The molecule has 1 fully saturated rings. The molecule has 0 bridgehead atoms. The van der Waals surface area contributed by atoms with Gasteiger partial charge in [-0.25, -0.2) is 9.97 Å². The van der Waals surface area contributed by atoms with Crippen molar-refractivity contribution in [1.29, 1.82) is 0 Å². The molecule has 1 atom stereocenters. The minimum Gasteiger partial charge on any atom is -0.373 e. The van der Waals surface area contributed by atoms with Gasteiger partial charge < -0.3 is 15.5 Å². The molecule has 1 aromatic rings. The Morgan fingerprint density at radius 3 is 2.79 bits per heavy atom. The number of likely N-dealkylation sites (N-methyl/N-ethyl adjacent to an activating group) is 1. The van der Waals surface area contributed by atoms with Gasteiger partial charge in [-0.3, -0.25) is 4.79 Å². The number of nitrogens with one attached hydrogen (secondary N) is 2. The largest absolute Gasteiger partial charge is 0.373 e. The van der Waals surface area contributed by atoms with Crippen molar-refractivity contribution in [2.75, 3.05) is 31.3 Å². The lowest BCUT2D eigenvalue weighted by atomic mass is 10.1. The second-order valence-electron chi connectivity index (χ2n) is 4.81. The van der Waals surface area contributed by atoms with Gasteiger partial charge in [0.25, 0.3) is 0 Å². The van der Waals surface area contributed by atoms with Gasteiger partial charge in [-0.2, -0.15) is 0 Å². The molecule has 104 valence electrons. The number of aromatic nitrogens is 2. The maximum absolute atomic E-state index is 11.5. The molecular weight excluding hydrogens is 242 g/mol.